The number of rotatable bonds is 7. The predicted octanol–water partition coefficient (Wildman–Crippen LogP) is 2.71. The Bertz CT molecular complexity index is 800. The van der Waals surface area contributed by atoms with Gasteiger partial charge in [-0.3, -0.25) is 14.4 Å². The Morgan fingerprint density at radius 3 is 2.31 bits per heavy atom. The predicted molar refractivity (Wildman–Crippen MR) is 102 cm³/mol. The van der Waals surface area contributed by atoms with Crippen molar-refractivity contribution in [3.63, 3.8) is 0 Å². The van der Waals surface area contributed by atoms with E-state index in [0.29, 0.717) is 16.9 Å². The van der Waals surface area contributed by atoms with Crippen molar-refractivity contribution in [1.29, 1.82) is 0 Å². The highest BCUT2D eigenvalue weighted by Crippen LogP contribution is 2.15. The van der Waals surface area contributed by atoms with E-state index in [9.17, 15) is 14.4 Å². The highest BCUT2D eigenvalue weighted by molar-refractivity contribution is 6.00. The zero-order chi connectivity index (χ0) is 19.1. The normalized spacial score (nSPS) is 10.1. The molecule has 6 nitrogen and oxygen atoms in total. The minimum absolute atomic E-state index is 0.00138. The molecule has 26 heavy (non-hydrogen) atoms. The molecular weight excluding hydrogens is 330 g/mol. The van der Waals surface area contributed by atoms with Crippen molar-refractivity contribution < 1.29 is 14.4 Å². The number of carbonyl (C=O) groups excluding carboxylic acids is 3. The van der Waals surface area contributed by atoms with Gasteiger partial charge in [0.2, 0.25) is 11.8 Å². The lowest BCUT2D eigenvalue weighted by Gasteiger charge is -2.18. The maximum Gasteiger partial charge on any atom is 0.243 e. The lowest BCUT2D eigenvalue weighted by Crippen LogP contribution is -2.38. The third kappa shape index (κ3) is 5.44. The number of hydrogen-bond donors (Lipinski definition) is 2. The van der Waals surface area contributed by atoms with E-state index in [-0.39, 0.29) is 30.7 Å². The summed E-state index contributed by atoms with van der Waals surface area (Å²) in [5.74, 6) is -0.595. The highest BCUT2D eigenvalue weighted by atomic mass is 16.2. The fourth-order valence-corrected chi connectivity index (χ4v) is 2.39. The van der Waals surface area contributed by atoms with Crippen LogP contribution in [0.2, 0.25) is 0 Å². The number of likely N-dealkylation sites (N-methyl/N-ethyl adjacent to an activating group) is 1. The molecule has 2 rings (SSSR count). The van der Waals surface area contributed by atoms with E-state index in [0.717, 1.165) is 5.56 Å². The maximum absolute atomic E-state index is 12.2. The van der Waals surface area contributed by atoms with E-state index < -0.39 is 0 Å². The Balaban J connectivity index is 1.86. The number of nitrogens with zero attached hydrogens (tertiary/aromatic N) is 1. The molecule has 2 aromatic rings. The number of Topliss-reactive ketones (excluding diaryl/α,β-unsaturated/α-hetero) is 1. The summed E-state index contributed by atoms with van der Waals surface area (Å²) in [6.07, 6.45) is 0. The second-order valence-corrected chi connectivity index (χ2v) is 6.12. The number of aryl methyl sites for hydroxylation is 1. The molecule has 0 unspecified atom stereocenters. The average molecular weight is 353 g/mol. The maximum atomic E-state index is 12.2. The van der Waals surface area contributed by atoms with E-state index >= 15 is 0 Å². The lowest BCUT2D eigenvalue weighted by molar-refractivity contribution is -0.131. The summed E-state index contributed by atoms with van der Waals surface area (Å²) in [6, 6.07) is 14.4. The zero-order valence-electron chi connectivity index (χ0n) is 15.2. The van der Waals surface area contributed by atoms with Gasteiger partial charge in [-0.2, -0.15) is 0 Å². The van der Waals surface area contributed by atoms with Gasteiger partial charge in [0.25, 0.3) is 0 Å². The summed E-state index contributed by atoms with van der Waals surface area (Å²) in [5, 5.41) is 5.72. The molecule has 0 atom stereocenters. The fraction of sp³-hybridized carbons (Fsp3) is 0.250. The van der Waals surface area contributed by atoms with E-state index in [2.05, 4.69) is 10.6 Å². The second kappa shape index (κ2) is 8.80. The van der Waals surface area contributed by atoms with Crippen LogP contribution in [-0.2, 0) is 9.59 Å². The number of nitrogens with one attached hydrogen (secondary N) is 2. The molecule has 0 bridgehead atoms. The molecule has 0 aliphatic heterocycles. The Kier molecular flexibility index (Phi) is 6.49. The van der Waals surface area contributed by atoms with E-state index in [4.69, 9.17) is 0 Å². The molecule has 136 valence electrons. The zero-order valence-corrected chi connectivity index (χ0v) is 15.2. The van der Waals surface area contributed by atoms with Crippen LogP contribution in [0.1, 0.15) is 22.8 Å². The average Bonchev–Trinajstić information content (AvgIpc) is 2.61. The number of anilines is 2. The summed E-state index contributed by atoms with van der Waals surface area (Å²) in [5.41, 5.74) is 2.92. The molecule has 0 aliphatic rings. The Labute approximate surface area is 153 Å². The van der Waals surface area contributed by atoms with Crippen LogP contribution in [-0.4, -0.2) is 42.6 Å². The monoisotopic (exact) mass is 353 g/mol. The van der Waals surface area contributed by atoms with Gasteiger partial charge in [0.05, 0.1) is 13.1 Å². The van der Waals surface area contributed by atoms with Crippen LogP contribution >= 0.6 is 0 Å². The molecule has 0 heterocycles. The van der Waals surface area contributed by atoms with Crippen LogP contribution in [0.15, 0.2) is 48.5 Å². The van der Waals surface area contributed by atoms with Gasteiger partial charge in [0.15, 0.2) is 5.78 Å². The third-order valence-corrected chi connectivity index (χ3v) is 3.88. The summed E-state index contributed by atoms with van der Waals surface area (Å²) in [4.78, 5) is 37.2. The van der Waals surface area contributed by atoms with Gasteiger partial charge in [-0.15, -0.1) is 0 Å². The quantitative estimate of drug-likeness (QED) is 0.750. The van der Waals surface area contributed by atoms with Gasteiger partial charge in [-0.25, -0.2) is 0 Å². The topological polar surface area (TPSA) is 78.5 Å². The minimum atomic E-state index is -0.270. The largest absolute Gasteiger partial charge is 0.376 e. The number of hydrogen-bond acceptors (Lipinski definition) is 4. The first-order chi connectivity index (χ1) is 12.4. The Hall–Kier alpha value is -3.15. The first kappa shape index (κ1) is 19.2. The molecule has 0 saturated carbocycles. The minimum Gasteiger partial charge on any atom is -0.376 e. The number of carbonyl (C=O) groups is 3. The van der Waals surface area contributed by atoms with E-state index in [1.165, 1.54) is 11.8 Å². The van der Waals surface area contributed by atoms with Gasteiger partial charge in [0.1, 0.15) is 0 Å². The molecule has 6 heteroatoms. The second-order valence-electron chi connectivity index (χ2n) is 6.12. The van der Waals surface area contributed by atoms with Crippen molar-refractivity contribution in [1.82, 2.24) is 4.90 Å². The van der Waals surface area contributed by atoms with Crippen LogP contribution in [0.4, 0.5) is 11.4 Å². The smallest absolute Gasteiger partial charge is 0.243 e. The van der Waals surface area contributed by atoms with Gasteiger partial charge >= 0.3 is 0 Å². The van der Waals surface area contributed by atoms with Crippen molar-refractivity contribution in [2.75, 3.05) is 30.8 Å². The standard InChI is InChI=1S/C20H23N3O3/c1-14-8-10-16(11-9-14)22-19(25)13-23(3)20(26)12-21-18-7-5-4-6-17(18)15(2)24/h4-11,21H,12-13H2,1-3H3,(H,22,25). The van der Waals surface area contributed by atoms with Gasteiger partial charge in [0, 0.05) is 24.0 Å². The molecule has 2 amide bonds. The van der Waals surface area contributed by atoms with E-state index in [1.807, 2.05) is 31.2 Å². The fourth-order valence-electron chi connectivity index (χ4n) is 2.39. The van der Waals surface area contributed by atoms with Gasteiger partial charge in [-0.05, 0) is 38.1 Å². The molecule has 2 N–H and O–H groups in total. The number of amides is 2. The molecule has 0 saturated heterocycles. The van der Waals surface area contributed by atoms with Crippen molar-refractivity contribution in [2.24, 2.45) is 0 Å². The van der Waals surface area contributed by atoms with Crippen molar-refractivity contribution in [3.05, 3.63) is 59.7 Å². The molecule has 0 radical (unpaired) electrons. The molecule has 2 aromatic carbocycles. The SMILES string of the molecule is CC(=O)c1ccccc1NCC(=O)N(C)CC(=O)Nc1ccc(C)cc1. The Morgan fingerprint density at radius 1 is 1.00 bits per heavy atom. The summed E-state index contributed by atoms with van der Waals surface area (Å²) < 4.78 is 0. The Morgan fingerprint density at radius 2 is 1.65 bits per heavy atom. The first-order valence-electron chi connectivity index (χ1n) is 8.31. The summed E-state index contributed by atoms with van der Waals surface area (Å²) in [6.45, 7) is 3.39. The van der Waals surface area contributed by atoms with Gasteiger partial charge < -0.3 is 15.5 Å². The number of ketones is 1. The summed E-state index contributed by atoms with van der Waals surface area (Å²) >= 11 is 0. The van der Waals surface area contributed by atoms with Crippen LogP contribution in [0.5, 0.6) is 0 Å². The van der Waals surface area contributed by atoms with Crippen molar-refractivity contribution >= 4 is 29.0 Å². The lowest BCUT2D eigenvalue weighted by atomic mass is 10.1. The van der Waals surface area contributed by atoms with Gasteiger partial charge in [-0.1, -0.05) is 29.8 Å². The van der Waals surface area contributed by atoms with Crippen LogP contribution < -0.4 is 10.6 Å². The molecule has 0 fully saturated rings. The molecule has 0 aromatic heterocycles. The van der Waals surface area contributed by atoms with Crippen LogP contribution in [0, 0.1) is 6.92 Å². The van der Waals surface area contributed by atoms with Crippen LogP contribution in [0.25, 0.3) is 0 Å². The highest BCUT2D eigenvalue weighted by Gasteiger charge is 2.14. The van der Waals surface area contributed by atoms with Crippen LogP contribution in [0.3, 0.4) is 0 Å². The summed E-state index contributed by atoms with van der Waals surface area (Å²) in [7, 11) is 1.57. The molecular formula is C20H23N3O3. The first-order valence-corrected chi connectivity index (χ1v) is 8.31. The van der Waals surface area contributed by atoms with Crippen molar-refractivity contribution in [2.45, 2.75) is 13.8 Å². The molecule has 0 aliphatic carbocycles. The number of para-hydroxylation sites is 1. The van der Waals surface area contributed by atoms with E-state index in [1.54, 1.807) is 31.3 Å². The third-order valence-electron chi connectivity index (χ3n) is 3.88. The van der Waals surface area contributed by atoms with Crippen molar-refractivity contribution in [3.8, 4) is 0 Å². The number of benzene rings is 2. The molecule has 0 spiro atoms.